The van der Waals surface area contributed by atoms with Crippen molar-refractivity contribution in [1.82, 2.24) is 25.2 Å². The lowest BCUT2D eigenvalue weighted by atomic mass is 9.97. The van der Waals surface area contributed by atoms with E-state index in [-0.39, 0.29) is 11.8 Å². The van der Waals surface area contributed by atoms with E-state index in [1.54, 1.807) is 0 Å². The van der Waals surface area contributed by atoms with E-state index in [9.17, 15) is 4.79 Å². The summed E-state index contributed by atoms with van der Waals surface area (Å²) in [5.41, 5.74) is 2.47. The summed E-state index contributed by atoms with van der Waals surface area (Å²) in [4.78, 5) is 19.1. The first kappa shape index (κ1) is 16.3. The molecule has 8 heteroatoms. The van der Waals surface area contributed by atoms with Crippen molar-refractivity contribution in [2.75, 3.05) is 25.0 Å². The second kappa shape index (κ2) is 6.59. The lowest BCUT2D eigenvalue weighted by Gasteiger charge is -2.30. The number of hydrogen-bond acceptors (Lipinski definition) is 6. The molecule has 0 aromatic carbocycles. The topological polar surface area (TPSA) is 99.9 Å². The summed E-state index contributed by atoms with van der Waals surface area (Å²) in [6, 6.07) is 0. The van der Waals surface area contributed by atoms with Crippen molar-refractivity contribution in [1.29, 1.82) is 0 Å². The van der Waals surface area contributed by atoms with Gasteiger partial charge in [0.1, 0.15) is 0 Å². The first-order chi connectivity index (χ1) is 12.1. The zero-order chi connectivity index (χ0) is 17.4. The highest BCUT2D eigenvalue weighted by molar-refractivity contribution is 5.93. The van der Waals surface area contributed by atoms with Crippen LogP contribution in [0.5, 0.6) is 0 Å². The summed E-state index contributed by atoms with van der Waals surface area (Å²) in [5.74, 6) is 2.30. The van der Waals surface area contributed by atoms with Crippen molar-refractivity contribution < 1.29 is 9.32 Å². The fourth-order valence-corrected chi connectivity index (χ4v) is 3.44. The number of carbonyl (C=O) groups excluding carboxylic acids is 1. The summed E-state index contributed by atoms with van der Waals surface area (Å²) in [5, 5.41) is 14.1. The van der Waals surface area contributed by atoms with Crippen molar-refractivity contribution in [3.8, 4) is 0 Å². The van der Waals surface area contributed by atoms with Gasteiger partial charge in [0.05, 0.1) is 23.6 Å². The predicted octanol–water partition coefficient (Wildman–Crippen LogP) is 2.11. The highest BCUT2D eigenvalue weighted by Gasteiger charge is 2.32. The van der Waals surface area contributed by atoms with Gasteiger partial charge in [0.2, 0.25) is 11.8 Å². The van der Waals surface area contributed by atoms with Crippen LogP contribution in [0.1, 0.15) is 60.6 Å². The number of rotatable bonds is 5. The molecule has 1 aliphatic carbocycles. The number of aromatic amines is 1. The van der Waals surface area contributed by atoms with Crippen LogP contribution in [0.15, 0.2) is 4.52 Å². The lowest BCUT2D eigenvalue weighted by Crippen LogP contribution is -2.40. The van der Waals surface area contributed by atoms with Gasteiger partial charge in [-0.05, 0) is 46.1 Å². The number of piperidine rings is 1. The van der Waals surface area contributed by atoms with Gasteiger partial charge in [0.15, 0.2) is 5.82 Å². The molecule has 0 bridgehead atoms. The number of aromatic nitrogens is 4. The van der Waals surface area contributed by atoms with Crippen LogP contribution in [-0.4, -0.2) is 50.8 Å². The predicted molar refractivity (Wildman–Crippen MR) is 91.4 cm³/mol. The van der Waals surface area contributed by atoms with E-state index in [0.717, 1.165) is 67.6 Å². The molecular weight excluding hydrogens is 320 g/mol. The third-order valence-corrected chi connectivity index (χ3v) is 5.01. The number of nitrogens with one attached hydrogen (secondary N) is 2. The Kier molecular flexibility index (Phi) is 4.29. The molecule has 134 valence electrons. The van der Waals surface area contributed by atoms with Crippen molar-refractivity contribution >= 4 is 11.6 Å². The second-order valence-corrected chi connectivity index (χ2v) is 7.20. The molecule has 8 nitrogen and oxygen atoms in total. The Balaban J connectivity index is 1.35. The number of hydrogen-bond donors (Lipinski definition) is 2. The minimum absolute atomic E-state index is 0.0139. The van der Waals surface area contributed by atoms with Gasteiger partial charge in [0.25, 0.3) is 0 Å². The molecule has 0 spiro atoms. The van der Waals surface area contributed by atoms with E-state index in [1.807, 2.05) is 13.8 Å². The standard InChI is InChI=1S/C17H24N6O2/c1-10-15(11(2)21-20-10)18-14(24)9-23-7-3-4-13(8-23)16-19-17(25-22-16)12-5-6-12/h12-13H,3-9H2,1-2H3,(H,18,24)(H,20,21). The number of H-pyrrole nitrogens is 1. The Morgan fingerprint density at radius 3 is 2.88 bits per heavy atom. The van der Waals surface area contributed by atoms with E-state index < -0.39 is 0 Å². The van der Waals surface area contributed by atoms with Gasteiger partial charge in [-0.15, -0.1) is 0 Å². The summed E-state index contributed by atoms with van der Waals surface area (Å²) in [7, 11) is 0. The number of nitrogens with zero attached hydrogens (tertiary/aromatic N) is 4. The second-order valence-electron chi connectivity index (χ2n) is 7.20. The molecule has 3 heterocycles. The van der Waals surface area contributed by atoms with E-state index in [2.05, 4.69) is 30.6 Å². The molecular formula is C17H24N6O2. The average Bonchev–Trinajstić information content (AvgIpc) is 3.26. The molecule has 2 fully saturated rings. The minimum Gasteiger partial charge on any atom is -0.339 e. The molecule has 1 saturated heterocycles. The van der Waals surface area contributed by atoms with Crippen LogP contribution in [0.2, 0.25) is 0 Å². The highest BCUT2D eigenvalue weighted by Crippen LogP contribution is 2.39. The van der Waals surface area contributed by atoms with Crippen LogP contribution in [0.25, 0.3) is 0 Å². The van der Waals surface area contributed by atoms with Crippen molar-refractivity contribution in [3.05, 3.63) is 23.1 Å². The van der Waals surface area contributed by atoms with Gasteiger partial charge in [-0.1, -0.05) is 5.16 Å². The van der Waals surface area contributed by atoms with Crippen molar-refractivity contribution in [2.45, 2.75) is 51.4 Å². The molecule has 1 amide bonds. The Hall–Kier alpha value is -2.22. The number of carbonyl (C=O) groups is 1. The molecule has 2 aromatic heterocycles. The van der Waals surface area contributed by atoms with Crippen LogP contribution in [0.4, 0.5) is 5.69 Å². The fraction of sp³-hybridized carbons (Fsp3) is 0.647. The molecule has 4 rings (SSSR count). The quantitative estimate of drug-likeness (QED) is 0.862. The van der Waals surface area contributed by atoms with E-state index in [1.165, 1.54) is 0 Å². The maximum atomic E-state index is 12.4. The lowest BCUT2D eigenvalue weighted by molar-refractivity contribution is -0.117. The summed E-state index contributed by atoms with van der Waals surface area (Å²) in [6.45, 7) is 5.86. The Bertz CT molecular complexity index is 744. The van der Waals surface area contributed by atoms with Gasteiger partial charge in [-0.2, -0.15) is 10.1 Å². The third kappa shape index (κ3) is 3.58. The largest absolute Gasteiger partial charge is 0.339 e. The molecule has 2 aromatic rings. The number of aryl methyl sites for hydroxylation is 2. The maximum absolute atomic E-state index is 12.4. The Morgan fingerprint density at radius 2 is 2.16 bits per heavy atom. The van der Waals surface area contributed by atoms with Gasteiger partial charge in [-0.3, -0.25) is 14.8 Å². The van der Waals surface area contributed by atoms with Gasteiger partial charge < -0.3 is 9.84 Å². The zero-order valence-electron chi connectivity index (χ0n) is 14.7. The van der Waals surface area contributed by atoms with Gasteiger partial charge >= 0.3 is 0 Å². The highest BCUT2D eigenvalue weighted by atomic mass is 16.5. The number of amides is 1. The molecule has 1 aliphatic heterocycles. The smallest absolute Gasteiger partial charge is 0.238 e. The van der Waals surface area contributed by atoms with Crippen LogP contribution in [-0.2, 0) is 4.79 Å². The Morgan fingerprint density at radius 1 is 1.32 bits per heavy atom. The van der Waals surface area contributed by atoms with Gasteiger partial charge in [0, 0.05) is 18.4 Å². The Labute approximate surface area is 146 Å². The minimum atomic E-state index is -0.0139. The van der Waals surface area contributed by atoms with Crippen LogP contribution < -0.4 is 5.32 Å². The number of anilines is 1. The monoisotopic (exact) mass is 344 g/mol. The van der Waals surface area contributed by atoms with Crippen molar-refractivity contribution in [2.24, 2.45) is 0 Å². The van der Waals surface area contributed by atoms with Crippen molar-refractivity contribution in [3.63, 3.8) is 0 Å². The molecule has 2 aliphatic rings. The van der Waals surface area contributed by atoms with Gasteiger partial charge in [-0.25, -0.2) is 0 Å². The van der Waals surface area contributed by atoms with Crippen LogP contribution in [0, 0.1) is 13.8 Å². The summed E-state index contributed by atoms with van der Waals surface area (Å²) in [6.07, 6.45) is 4.40. The molecule has 25 heavy (non-hydrogen) atoms. The first-order valence-corrected chi connectivity index (χ1v) is 8.97. The zero-order valence-corrected chi connectivity index (χ0v) is 14.7. The normalized spacial score (nSPS) is 21.4. The van der Waals surface area contributed by atoms with E-state index in [0.29, 0.717) is 12.5 Å². The van der Waals surface area contributed by atoms with Crippen LogP contribution >= 0.6 is 0 Å². The average molecular weight is 344 g/mol. The van der Waals surface area contributed by atoms with E-state index >= 15 is 0 Å². The number of likely N-dealkylation sites (tertiary alicyclic amines) is 1. The maximum Gasteiger partial charge on any atom is 0.238 e. The molecule has 2 N–H and O–H groups in total. The SMILES string of the molecule is Cc1n[nH]c(C)c1NC(=O)CN1CCCC(c2noc(C3CC3)n2)C1. The summed E-state index contributed by atoms with van der Waals surface area (Å²) >= 11 is 0. The summed E-state index contributed by atoms with van der Waals surface area (Å²) < 4.78 is 5.39. The van der Waals surface area contributed by atoms with E-state index in [4.69, 9.17) is 4.52 Å². The molecule has 1 atom stereocenters. The molecule has 1 saturated carbocycles. The third-order valence-electron chi connectivity index (χ3n) is 5.01. The fourth-order valence-electron chi connectivity index (χ4n) is 3.44. The first-order valence-electron chi connectivity index (χ1n) is 8.97. The molecule has 0 radical (unpaired) electrons. The molecule has 1 unspecified atom stereocenters. The van der Waals surface area contributed by atoms with Crippen LogP contribution in [0.3, 0.4) is 0 Å².